The van der Waals surface area contributed by atoms with Gasteiger partial charge in [-0.05, 0) is 61.6 Å². The van der Waals surface area contributed by atoms with Crippen molar-refractivity contribution in [2.75, 3.05) is 17.1 Å². The van der Waals surface area contributed by atoms with Crippen LogP contribution in [-0.2, 0) is 32.6 Å². The van der Waals surface area contributed by atoms with Crippen molar-refractivity contribution < 1.29 is 18.0 Å². The SMILES string of the molecule is Cc1ccc(N(CC(=O)N(Cc2ccc(Cl)cc2)C(Cc2ccccc2)C(=O)NC2CCCCC2)S(C)(=O)=O)c(C)c1. The van der Waals surface area contributed by atoms with Gasteiger partial charge < -0.3 is 10.2 Å². The summed E-state index contributed by atoms with van der Waals surface area (Å²) in [4.78, 5) is 29.8. The smallest absolute Gasteiger partial charge is 0.244 e. The van der Waals surface area contributed by atoms with E-state index in [1.807, 2.05) is 68.4 Å². The second-order valence-electron chi connectivity index (χ2n) is 11.3. The first-order valence-electron chi connectivity index (χ1n) is 14.4. The lowest BCUT2D eigenvalue weighted by Gasteiger charge is -2.35. The summed E-state index contributed by atoms with van der Waals surface area (Å²) >= 11 is 6.13. The first-order chi connectivity index (χ1) is 20.0. The lowest BCUT2D eigenvalue weighted by molar-refractivity contribution is -0.140. The third-order valence-electron chi connectivity index (χ3n) is 7.79. The molecule has 0 heterocycles. The van der Waals surface area contributed by atoms with Gasteiger partial charge in [-0.25, -0.2) is 8.42 Å². The lowest BCUT2D eigenvalue weighted by Crippen LogP contribution is -2.55. The van der Waals surface area contributed by atoms with E-state index in [1.54, 1.807) is 18.2 Å². The second kappa shape index (κ2) is 14.2. The van der Waals surface area contributed by atoms with Crippen molar-refractivity contribution >= 4 is 39.1 Å². The van der Waals surface area contributed by atoms with Crippen LogP contribution in [0.5, 0.6) is 0 Å². The summed E-state index contributed by atoms with van der Waals surface area (Å²) < 4.78 is 27.2. The van der Waals surface area contributed by atoms with Gasteiger partial charge in [0.05, 0.1) is 11.9 Å². The highest BCUT2D eigenvalue weighted by Gasteiger charge is 2.34. The number of nitrogens with one attached hydrogen (secondary N) is 1. The molecule has 1 aliphatic carbocycles. The van der Waals surface area contributed by atoms with Gasteiger partial charge in [-0.3, -0.25) is 13.9 Å². The first-order valence-corrected chi connectivity index (χ1v) is 16.7. The van der Waals surface area contributed by atoms with Crippen LogP contribution in [0.25, 0.3) is 0 Å². The summed E-state index contributed by atoms with van der Waals surface area (Å²) in [6.45, 7) is 3.44. The first kappa shape index (κ1) is 31.6. The fourth-order valence-electron chi connectivity index (χ4n) is 5.56. The predicted octanol–water partition coefficient (Wildman–Crippen LogP) is 5.81. The van der Waals surface area contributed by atoms with Crippen LogP contribution in [0.2, 0.25) is 5.02 Å². The number of sulfonamides is 1. The molecule has 1 unspecified atom stereocenters. The maximum atomic E-state index is 14.3. The van der Waals surface area contributed by atoms with Gasteiger partial charge >= 0.3 is 0 Å². The minimum atomic E-state index is -3.82. The van der Waals surface area contributed by atoms with Crippen LogP contribution in [0.3, 0.4) is 0 Å². The zero-order chi connectivity index (χ0) is 30.3. The van der Waals surface area contributed by atoms with E-state index < -0.39 is 28.5 Å². The van der Waals surface area contributed by atoms with Crippen LogP contribution >= 0.6 is 11.6 Å². The van der Waals surface area contributed by atoms with Crippen LogP contribution in [0.1, 0.15) is 54.4 Å². The Morgan fingerprint density at radius 1 is 0.929 bits per heavy atom. The maximum absolute atomic E-state index is 14.3. The van der Waals surface area contributed by atoms with Crippen molar-refractivity contribution in [3.63, 3.8) is 0 Å². The van der Waals surface area contributed by atoms with Crippen molar-refractivity contribution in [1.29, 1.82) is 0 Å². The topological polar surface area (TPSA) is 86.8 Å². The van der Waals surface area contributed by atoms with Gasteiger partial charge in [-0.15, -0.1) is 0 Å². The number of aryl methyl sites for hydroxylation is 2. The molecule has 1 N–H and O–H groups in total. The van der Waals surface area contributed by atoms with Gasteiger partial charge in [0.1, 0.15) is 12.6 Å². The third kappa shape index (κ3) is 8.58. The number of halogens is 1. The van der Waals surface area contributed by atoms with E-state index in [-0.39, 0.29) is 18.5 Å². The summed E-state index contributed by atoms with van der Waals surface area (Å²) in [5.74, 6) is -0.694. The molecule has 2 amide bonds. The molecule has 3 aromatic carbocycles. The van der Waals surface area contributed by atoms with Crippen LogP contribution in [0, 0.1) is 13.8 Å². The Labute approximate surface area is 254 Å². The Kier molecular flexibility index (Phi) is 10.7. The fourth-order valence-corrected chi connectivity index (χ4v) is 6.60. The second-order valence-corrected chi connectivity index (χ2v) is 13.6. The van der Waals surface area contributed by atoms with Crippen molar-refractivity contribution in [1.82, 2.24) is 10.2 Å². The molecule has 9 heteroatoms. The molecule has 0 radical (unpaired) electrons. The Morgan fingerprint density at radius 3 is 2.21 bits per heavy atom. The van der Waals surface area contributed by atoms with Gasteiger partial charge in [-0.1, -0.05) is 91.0 Å². The van der Waals surface area contributed by atoms with Crippen LogP contribution in [0.4, 0.5) is 5.69 Å². The number of carbonyl (C=O) groups excluding carboxylic acids is 2. The Bertz CT molecular complexity index is 1470. The predicted molar refractivity (Wildman–Crippen MR) is 169 cm³/mol. The van der Waals surface area contributed by atoms with Gasteiger partial charge in [-0.2, -0.15) is 0 Å². The molecular weight excluding hydrogens is 570 g/mol. The highest BCUT2D eigenvalue weighted by molar-refractivity contribution is 7.92. The number of hydrogen-bond acceptors (Lipinski definition) is 4. The minimum absolute atomic E-state index is 0.0553. The molecule has 1 fully saturated rings. The molecule has 1 saturated carbocycles. The summed E-state index contributed by atoms with van der Waals surface area (Å²) in [7, 11) is -3.82. The number of benzene rings is 3. The molecule has 1 atom stereocenters. The Morgan fingerprint density at radius 2 is 1.60 bits per heavy atom. The Hall–Kier alpha value is -3.36. The quantitative estimate of drug-likeness (QED) is 0.297. The van der Waals surface area contributed by atoms with Crippen LogP contribution < -0.4 is 9.62 Å². The molecule has 0 spiro atoms. The van der Waals surface area contributed by atoms with Crippen molar-refractivity contribution in [2.24, 2.45) is 0 Å². The van der Waals surface area contributed by atoms with Crippen LogP contribution in [0.15, 0.2) is 72.8 Å². The van der Waals surface area contributed by atoms with E-state index >= 15 is 0 Å². The van der Waals surface area contributed by atoms with Gasteiger partial charge in [0, 0.05) is 24.0 Å². The normalized spacial score (nSPS) is 14.7. The summed E-state index contributed by atoms with van der Waals surface area (Å²) in [6, 6.07) is 21.4. The van der Waals surface area contributed by atoms with Crippen LogP contribution in [-0.4, -0.2) is 50.0 Å². The zero-order valence-electron chi connectivity index (χ0n) is 24.6. The monoisotopic (exact) mass is 609 g/mol. The largest absolute Gasteiger partial charge is 0.352 e. The number of anilines is 1. The highest BCUT2D eigenvalue weighted by Crippen LogP contribution is 2.25. The van der Waals surface area contributed by atoms with E-state index in [4.69, 9.17) is 11.6 Å². The number of hydrogen-bond donors (Lipinski definition) is 1. The zero-order valence-corrected chi connectivity index (χ0v) is 26.1. The number of carbonyl (C=O) groups is 2. The molecule has 7 nitrogen and oxygen atoms in total. The molecule has 0 aliphatic heterocycles. The van der Waals surface area contributed by atoms with E-state index in [0.29, 0.717) is 17.1 Å². The minimum Gasteiger partial charge on any atom is -0.352 e. The van der Waals surface area contributed by atoms with Crippen molar-refractivity contribution in [3.05, 3.63) is 100 Å². The molecule has 0 saturated heterocycles. The molecule has 4 rings (SSSR count). The van der Waals surface area contributed by atoms with Gasteiger partial charge in [0.25, 0.3) is 0 Å². The van der Waals surface area contributed by atoms with Crippen molar-refractivity contribution in [3.8, 4) is 0 Å². The summed E-state index contributed by atoms with van der Waals surface area (Å²) in [5, 5.41) is 3.77. The Balaban J connectivity index is 1.73. The standard InChI is InChI=1S/C33H40ClN3O4S/c1-24-14-19-30(25(2)20-24)37(42(3,40)41)23-32(38)36(22-27-15-17-28(34)18-16-27)31(21-26-10-6-4-7-11-26)33(39)35-29-12-8-5-9-13-29/h4,6-7,10-11,14-20,29,31H,5,8-9,12-13,21-23H2,1-3H3,(H,35,39). The molecular formula is C33H40ClN3O4S. The molecule has 224 valence electrons. The third-order valence-corrected chi connectivity index (χ3v) is 9.17. The lowest BCUT2D eigenvalue weighted by atomic mass is 9.94. The van der Waals surface area contributed by atoms with Crippen molar-refractivity contribution in [2.45, 2.75) is 71.0 Å². The average molecular weight is 610 g/mol. The number of rotatable bonds is 11. The van der Waals surface area contributed by atoms with Gasteiger partial charge in [0.2, 0.25) is 21.8 Å². The summed E-state index contributed by atoms with van der Waals surface area (Å²) in [5.41, 5.74) is 3.86. The number of amides is 2. The van der Waals surface area contributed by atoms with Gasteiger partial charge in [0.15, 0.2) is 0 Å². The highest BCUT2D eigenvalue weighted by atomic mass is 35.5. The van der Waals surface area contributed by atoms with E-state index in [2.05, 4.69) is 5.32 Å². The summed E-state index contributed by atoms with van der Waals surface area (Å²) in [6.07, 6.45) is 6.47. The van der Waals surface area contributed by atoms with E-state index in [9.17, 15) is 18.0 Å². The van der Waals surface area contributed by atoms with E-state index in [1.165, 1.54) is 4.90 Å². The molecule has 3 aromatic rings. The molecule has 0 bridgehead atoms. The van der Waals surface area contributed by atoms with E-state index in [0.717, 1.165) is 64.9 Å². The maximum Gasteiger partial charge on any atom is 0.244 e. The fraction of sp³-hybridized carbons (Fsp3) is 0.394. The molecule has 42 heavy (non-hydrogen) atoms. The molecule has 0 aromatic heterocycles. The average Bonchev–Trinajstić information content (AvgIpc) is 2.95. The number of nitrogens with zero attached hydrogens (tertiary/aromatic N) is 2. The molecule has 1 aliphatic rings.